The summed E-state index contributed by atoms with van der Waals surface area (Å²) >= 11 is 1.51. The Balaban J connectivity index is 1.66. The van der Waals surface area contributed by atoms with Gasteiger partial charge in [-0.25, -0.2) is 9.78 Å². The highest BCUT2D eigenvalue weighted by molar-refractivity contribution is 7.99. The van der Waals surface area contributed by atoms with Gasteiger partial charge in [0.15, 0.2) is 11.0 Å². The summed E-state index contributed by atoms with van der Waals surface area (Å²) in [5.74, 6) is 1.12. The number of rotatable bonds is 3. The number of hydrogen-bond acceptors (Lipinski definition) is 4. The predicted octanol–water partition coefficient (Wildman–Crippen LogP) is 4.05. The molecule has 2 heterocycles. The van der Waals surface area contributed by atoms with Crippen LogP contribution in [0.15, 0.2) is 59.8 Å². The molecule has 1 aliphatic rings. The molecule has 1 amide bonds. The largest absolute Gasteiger partial charge is 0.352 e. The van der Waals surface area contributed by atoms with Gasteiger partial charge in [0.25, 0.3) is 0 Å². The molecular weight excluding hydrogens is 320 g/mol. The molecule has 5 nitrogen and oxygen atoms in total. The fourth-order valence-electron chi connectivity index (χ4n) is 2.61. The van der Waals surface area contributed by atoms with E-state index >= 15 is 0 Å². The van der Waals surface area contributed by atoms with Gasteiger partial charge in [-0.15, -0.1) is 5.10 Å². The second-order valence-corrected chi connectivity index (χ2v) is 6.41. The summed E-state index contributed by atoms with van der Waals surface area (Å²) in [7, 11) is 0. The zero-order valence-electron chi connectivity index (χ0n) is 13.2. The summed E-state index contributed by atoms with van der Waals surface area (Å²) < 4.78 is 1.39. The van der Waals surface area contributed by atoms with Gasteiger partial charge in [0.2, 0.25) is 0 Å². The highest BCUT2D eigenvalue weighted by atomic mass is 32.2. The van der Waals surface area contributed by atoms with E-state index in [-0.39, 0.29) is 6.03 Å². The zero-order valence-corrected chi connectivity index (χ0v) is 14.0. The van der Waals surface area contributed by atoms with Gasteiger partial charge in [0, 0.05) is 11.3 Å². The zero-order chi connectivity index (χ0) is 16.5. The van der Waals surface area contributed by atoms with Crippen molar-refractivity contribution in [3.8, 4) is 11.4 Å². The van der Waals surface area contributed by atoms with Crippen molar-refractivity contribution in [1.29, 1.82) is 0 Å². The maximum absolute atomic E-state index is 12.7. The molecule has 0 unspecified atom stereocenters. The average Bonchev–Trinajstić information content (AvgIpc) is 3.08. The Kier molecular flexibility index (Phi) is 3.82. The Morgan fingerprint density at radius 1 is 1.08 bits per heavy atom. The first kappa shape index (κ1) is 15.0. The number of fused-ring (bicyclic) bond motifs is 1. The summed E-state index contributed by atoms with van der Waals surface area (Å²) in [6.07, 6.45) is 0.994. The lowest BCUT2D eigenvalue weighted by Gasteiger charge is -2.25. The van der Waals surface area contributed by atoms with Crippen LogP contribution >= 0.6 is 11.8 Å². The molecule has 0 radical (unpaired) electrons. The van der Waals surface area contributed by atoms with Crippen LogP contribution in [-0.2, 0) is 6.42 Å². The standard InChI is InChI=1S/C18H16N4OS/c1-2-13-8-10-14(11-9-13)16-19-17-22(20-16)18(23)21(12-24-17)15-6-4-3-5-7-15/h3-11H,2,12H2,1H3. The molecular formula is C18H16N4OS. The second-order valence-electron chi connectivity index (χ2n) is 5.50. The third kappa shape index (κ3) is 2.59. The molecule has 3 aromatic rings. The van der Waals surface area contributed by atoms with Crippen molar-refractivity contribution < 1.29 is 4.79 Å². The van der Waals surface area contributed by atoms with E-state index in [1.165, 1.54) is 22.0 Å². The lowest BCUT2D eigenvalue weighted by Crippen LogP contribution is -2.38. The number of aryl methyl sites for hydroxylation is 1. The molecule has 0 saturated carbocycles. The molecule has 120 valence electrons. The lowest BCUT2D eigenvalue weighted by molar-refractivity contribution is 0.243. The van der Waals surface area contributed by atoms with Gasteiger partial charge in [-0.3, -0.25) is 4.90 Å². The minimum atomic E-state index is -0.168. The average molecular weight is 336 g/mol. The molecule has 1 aliphatic heterocycles. The molecule has 6 heteroatoms. The van der Waals surface area contributed by atoms with Gasteiger partial charge in [-0.05, 0) is 24.1 Å². The minimum Gasteiger partial charge on any atom is -0.282 e. The van der Waals surface area contributed by atoms with E-state index in [0.717, 1.165) is 17.7 Å². The second kappa shape index (κ2) is 6.13. The normalized spacial score (nSPS) is 13.9. The van der Waals surface area contributed by atoms with E-state index in [4.69, 9.17) is 0 Å². The van der Waals surface area contributed by atoms with Gasteiger partial charge in [-0.1, -0.05) is 61.2 Å². The number of aromatic nitrogens is 3. The number of carbonyl (C=O) groups is 1. The Morgan fingerprint density at radius 3 is 2.54 bits per heavy atom. The Morgan fingerprint density at radius 2 is 1.83 bits per heavy atom. The Bertz CT molecular complexity index is 874. The minimum absolute atomic E-state index is 0.168. The fourth-order valence-corrected chi connectivity index (χ4v) is 3.51. The molecule has 0 fully saturated rings. The van der Waals surface area contributed by atoms with E-state index in [1.54, 1.807) is 4.90 Å². The number of thioether (sulfide) groups is 1. The van der Waals surface area contributed by atoms with Crippen molar-refractivity contribution in [3.05, 3.63) is 60.2 Å². The van der Waals surface area contributed by atoms with Crippen molar-refractivity contribution >= 4 is 23.5 Å². The summed E-state index contributed by atoms with van der Waals surface area (Å²) in [5.41, 5.74) is 3.06. The van der Waals surface area contributed by atoms with Crippen LogP contribution in [0.4, 0.5) is 10.5 Å². The van der Waals surface area contributed by atoms with Gasteiger partial charge in [-0.2, -0.15) is 4.68 Å². The van der Waals surface area contributed by atoms with Gasteiger partial charge < -0.3 is 0 Å². The van der Waals surface area contributed by atoms with Crippen molar-refractivity contribution in [2.75, 3.05) is 10.8 Å². The molecule has 0 aliphatic carbocycles. The van der Waals surface area contributed by atoms with E-state index in [2.05, 4.69) is 29.1 Å². The van der Waals surface area contributed by atoms with E-state index < -0.39 is 0 Å². The van der Waals surface area contributed by atoms with Crippen molar-refractivity contribution in [3.63, 3.8) is 0 Å². The van der Waals surface area contributed by atoms with E-state index in [0.29, 0.717) is 16.9 Å². The molecule has 0 N–H and O–H groups in total. The molecule has 4 rings (SSSR count). The van der Waals surface area contributed by atoms with Crippen LogP contribution in [0.2, 0.25) is 0 Å². The lowest BCUT2D eigenvalue weighted by atomic mass is 10.1. The SMILES string of the molecule is CCc1ccc(-c2nc3n(n2)C(=O)N(c2ccccc2)CS3)cc1. The predicted molar refractivity (Wildman–Crippen MR) is 95.3 cm³/mol. The quantitative estimate of drug-likeness (QED) is 0.724. The van der Waals surface area contributed by atoms with E-state index in [1.807, 2.05) is 42.5 Å². The maximum atomic E-state index is 12.7. The van der Waals surface area contributed by atoms with Crippen molar-refractivity contribution in [1.82, 2.24) is 14.8 Å². The number of para-hydroxylation sites is 1. The molecule has 0 saturated heterocycles. The first-order chi connectivity index (χ1) is 11.8. The summed E-state index contributed by atoms with van der Waals surface area (Å²) in [5, 5.41) is 5.07. The highest BCUT2D eigenvalue weighted by Gasteiger charge is 2.29. The number of nitrogens with zero attached hydrogens (tertiary/aromatic N) is 4. The maximum Gasteiger partial charge on any atom is 0.352 e. The van der Waals surface area contributed by atoms with Crippen LogP contribution in [-0.4, -0.2) is 26.7 Å². The Hall–Kier alpha value is -2.60. The molecule has 1 aromatic heterocycles. The molecule has 0 bridgehead atoms. The molecule has 24 heavy (non-hydrogen) atoms. The molecule has 0 spiro atoms. The van der Waals surface area contributed by atoms with Crippen LogP contribution in [0, 0.1) is 0 Å². The van der Waals surface area contributed by atoms with Crippen LogP contribution in [0.1, 0.15) is 12.5 Å². The third-order valence-corrected chi connectivity index (χ3v) is 4.91. The Labute approximate surface area is 144 Å². The van der Waals surface area contributed by atoms with Crippen molar-refractivity contribution in [2.24, 2.45) is 0 Å². The number of amides is 1. The summed E-state index contributed by atoms with van der Waals surface area (Å²) in [6, 6.07) is 17.6. The van der Waals surface area contributed by atoms with E-state index in [9.17, 15) is 4.79 Å². The summed E-state index contributed by atoms with van der Waals surface area (Å²) in [6.45, 7) is 2.12. The molecule has 0 atom stereocenters. The number of carbonyl (C=O) groups excluding carboxylic acids is 1. The van der Waals surface area contributed by atoms with Gasteiger partial charge in [0.1, 0.15) is 0 Å². The fraction of sp³-hybridized carbons (Fsp3) is 0.167. The smallest absolute Gasteiger partial charge is 0.282 e. The van der Waals surface area contributed by atoms with Crippen molar-refractivity contribution in [2.45, 2.75) is 18.5 Å². The van der Waals surface area contributed by atoms with Crippen LogP contribution in [0.25, 0.3) is 11.4 Å². The summed E-state index contributed by atoms with van der Waals surface area (Å²) in [4.78, 5) is 19.0. The van der Waals surface area contributed by atoms with Crippen LogP contribution in [0.5, 0.6) is 0 Å². The van der Waals surface area contributed by atoms with Crippen LogP contribution in [0.3, 0.4) is 0 Å². The number of anilines is 1. The highest BCUT2D eigenvalue weighted by Crippen LogP contribution is 2.29. The van der Waals surface area contributed by atoms with Crippen LogP contribution < -0.4 is 4.90 Å². The third-order valence-electron chi connectivity index (χ3n) is 4.00. The first-order valence-corrected chi connectivity index (χ1v) is 8.81. The first-order valence-electron chi connectivity index (χ1n) is 7.82. The number of benzene rings is 2. The van der Waals surface area contributed by atoms with Gasteiger partial charge in [0.05, 0.1) is 5.88 Å². The molecule has 2 aromatic carbocycles. The topological polar surface area (TPSA) is 51.0 Å². The number of hydrogen-bond donors (Lipinski definition) is 0. The van der Waals surface area contributed by atoms with Gasteiger partial charge >= 0.3 is 6.03 Å². The monoisotopic (exact) mass is 336 g/mol.